The minimum atomic E-state index is -3.37. The monoisotopic (exact) mass is 430 g/mol. The molecule has 0 bridgehead atoms. The van der Waals surface area contributed by atoms with Crippen LogP contribution < -0.4 is 5.32 Å². The van der Waals surface area contributed by atoms with Crippen molar-refractivity contribution in [2.24, 2.45) is 0 Å². The number of nitrogens with zero attached hydrogens (tertiary/aromatic N) is 3. The molecule has 0 spiro atoms. The number of carbonyl (C=O) groups is 1. The van der Waals surface area contributed by atoms with E-state index in [4.69, 9.17) is 0 Å². The summed E-state index contributed by atoms with van der Waals surface area (Å²) in [4.78, 5) is 14.6. The van der Waals surface area contributed by atoms with Crippen molar-refractivity contribution in [1.29, 1.82) is 0 Å². The Morgan fingerprint density at radius 1 is 0.933 bits per heavy atom. The average molecular weight is 431 g/mol. The summed E-state index contributed by atoms with van der Waals surface area (Å²) in [6.07, 6.45) is 0. The van der Waals surface area contributed by atoms with Crippen LogP contribution in [0.15, 0.2) is 54.6 Å². The topological polar surface area (TPSA) is 73.0 Å². The first kappa shape index (κ1) is 22.4. The molecule has 0 aromatic heterocycles. The van der Waals surface area contributed by atoms with Gasteiger partial charge in [-0.1, -0.05) is 44.2 Å². The third-order valence-corrected chi connectivity index (χ3v) is 7.53. The molecule has 3 rings (SSSR count). The fourth-order valence-electron chi connectivity index (χ4n) is 3.58. The zero-order valence-corrected chi connectivity index (χ0v) is 18.4. The molecule has 1 amide bonds. The first-order chi connectivity index (χ1) is 14.4. The van der Waals surface area contributed by atoms with Crippen LogP contribution in [0.5, 0.6) is 0 Å². The van der Waals surface area contributed by atoms with Crippen LogP contribution in [0.4, 0.5) is 5.69 Å². The number of hydrogen-bond donors (Lipinski definition) is 1. The number of carbonyl (C=O) groups excluding carboxylic acids is 1. The molecular formula is C22H30N4O3S. The highest BCUT2D eigenvalue weighted by Crippen LogP contribution is 2.15. The van der Waals surface area contributed by atoms with Gasteiger partial charge in [0.1, 0.15) is 0 Å². The Balaban J connectivity index is 1.52. The Morgan fingerprint density at radius 3 is 2.10 bits per heavy atom. The average Bonchev–Trinajstić information content (AvgIpc) is 2.76. The van der Waals surface area contributed by atoms with Crippen LogP contribution in [0, 0.1) is 0 Å². The maximum atomic E-state index is 12.6. The first-order valence-corrected chi connectivity index (χ1v) is 11.8. The second kappa shape index (κ2) is 10.2. The number of amides is 1. The first-order valence-electron chi connectivity index (χ1n) is 10.4. The zero-order valence-electron chi connectivity index (χ0n) is 17.6. The van der Waals surface area contributed by atoms with E-state index in [2.05, 4.69) is 10.2 Å². The van der Waals surface area contributed by atoms with Crippen LogP contribution in [0.3, 0.4) is 0 Å². The van der Waals surface area contributed by atoms with Gasteiger partial charge in [0.2, 0.25) is 0 Å². The molecule has 1 N–H and O–H groups in total. The summed E-state index contributed by atoms with van der Waals surface area (Å²) in [5.74, 6) is -0.136. The summed E-state index contributed by atoms with van der Waals surface area (Å²) >= 11 is 0. The third-order valence-electron chi connectivity index (χ3n) is 5.34. The van der Waals surface area contributed by atoms with Gasteiger partial charge in [-0.05, 0) is 29.8 Å². The highest BCUT2D eigenvalue weighted by molar-refractivity contribution is 7.86. The molecule has 2 aromatic carbocycles. The highest BCUT2D eigenvalue weighted by Gasteiger charge is 2.30. The highest BCUT2D eigenvalue weighted by atomic mass is 32.2. The molecule has 0 radical (unpaired) electrons. The fourth-order valence-corrected chi connectivity index (χ4v) is 5.18. The van der Waals surface area contributed by atoms with E-state index in [1.54, 1.807) is 4.31 Å². The Kier molecular flexibility index (Phi) is 7.60. The van der Waals surface area contributed by atoms with Crippen LogP contribution in [-0.4, -0.2) is 67.1 Å². The molecule has 1 heterocycles. The quantitative estimate of drug-likeness (QED) is 0.699. The molecule has 8 heteroatoms. The van der Waals surface area contributed by atoms with Crippen LogP contribution in [0.25, 0.3) is 0 Å². The lowest BCUT2D eigenvalue weighted by atomic mass is 10.1. The van der Waals surface area contributed by atoms with Crippen molar-refractivity contribution < 1.29 is 13.2 Å². The minimum absolute atomic E-state index is 0.136. The van der Waals surface area contributed by atoms with Crippen molar-refractivity contribution in [3.8, 4) is 0 Å². The largest absolute Gasteiger partial charge is 0.322 e. The van der Waals surface area contributed by atoms with E-state index < -0.39 is 10.2 Å². The maximum Gasteiger partial charge on any atom is 0.282 e. The van der Waals surface area contributed by atoms with Gasteiger partial charge in [-0.2, -0.15) is 17.0 Å². The summed E-state index contributed by atoms with van der Waals surface area (Å²) < 4.78 is 28.4. The summed E-state index contributed by atoms with van der Waals surface area (Å²) in [5, 5.41) is 2.88. The summed E-state index contributed by atoms with van der Waals surface area (Å²) in [5.41, 5.74) is 2.48. The molecule has 0 atom stereocenters. The molecular weight excluding hydrogens is 400 g/mol. The number of piperazine rings is 1. The number of hydrogen-bond acceptors (Lipinski definition) is 4. The van der Waals surface area contributed by atoms with Gasteiger partial charge in [-0.15, -0.1) is 0 Å². The van der Waals surface area contributed by atoms with E-state index in [1.807, 2.05) is 68.4 Å². The van der Waals surface area contributed by atoms with Gasteiger partial charge in [-0.3, -0.25) is 9.69 Å². The maximum absolute atomic E-state index is 12.6. The zero-order chi connectivity index (χ0) is 21.6. The molecule has 1 fully saturated rings. The van der Waals surface area contributed by atoms with Crippen molar-refractivity contribution in [1.82, 2.24) is 13.5 Å². The lowest BCUT2D eigenvalue weighted by molar-refractivity contribution is 0.102. The number of nitrogens with one attached hydrogen (secondary N) is 1. The van der Waals surface area contributed by atoms with Crippen molar-refractivity contribution in [3.63, 3.8) is 0 Å². The van der Waals surface area contributed by atoms with Crippen LogP contribution in [0.2, 0.25) is 0 Å². The van der Waals surface area contributed by atoms with Gasteiger partial charge in [0.25, 0.3) is 16.1 Å². The Bertz CT molecular complexity index is 921. The van der Waals surface area contributed by atoms with E-state index >= 15 is 0 Å². The van der Waals surface area contributed by atoms with Gasteiger partial charge < -0.3 is 5.32 Å². The van der Waals surface area contributed by atoms with Crippen molar-refractivity contribution >= 4 is 21.8 Å². The molecule has 162 valence electrons. The van der Waals surface area contributed by atoms with Crippen LogP contribution in [-0.2, 0) is 16.8 Å². The second-order valence-corrected chi connectivity index (χ2v) is 9.21. The lowest BCUT2D eigenvalue weighted by Crippen LogP contribution is -2.52. The molecule has 1 saturated heterocycles. The Hall–Kier alpha value is -2.26. The minimum Gasteiger partial charge on any atom is -0.322 e. The van der Waals surface area contributed by atoms with E-state index in [-0.39, 0.29) is 5.91 Å². The third kappa shape index (κ3) is 5.46. The van der Waals surface area contributed by atoms with Crippen LogP contribution in [0.1, 0.15) is 29.8 Å². The molecule has 30 heavy (non-hydrogen) atoms. The Morgan fingerprint density at radius 2 is 1.53 bits per heavy atom. The van der Waals surface area contributed by atoms with Crippen molar-refractivity contribution in [2.75, 3.05) is 44.6 Å². The molecule has 1 aliphatic heterocycles. The number of rotatable bonds is 8. The van der Waals surface area contributed by atoms with Gasteiger partial charge in [0.05, 0.1) is 0 Å². The van der Waals surface area contributed by atoms with Gasteiger partial charge in [0, 0.05) is 57.1 Å². The van der Waals surface area contributed by atoms with Gasteiger partial charge >= 0.3 is 0 Å². The fraction of sp³-hybridized carbons (Fsp3) is 0.409. The van der Waals surface area contributed by atoms with E-state index in [0.717, 1.165) is 17.8 Å². The summed E-state index contributed by atoms with van der Waals surface area (Å²) in [7, 11) is -3.37. The molecule has 1 aliphatic rings. The molecule has 0 saturated carbocycles. The van der Waals surface area contributed by atoms with Crippen LogP contribution >= 0.6 is 0 Å². The SMILES string of the molecule is CCN(CC)S(=O)(=O)N1CCN(Cc2ccc(C(=O)Nc3ccccc3)cc2)CC1. The smallest absolute Gasteiger partial charge is 0.282 e. The van der Waals surface area contributed by atoms with E-state index in [9.17, 15) is 13.2 Å². The molecule has 2 aromatic rings. The lowest BCUT2D eigenvalue weighted by Gasteiger charge is -2.36. The number of anilines is 1. The predicted octanol–water partition coefficient (Wildman–Crippen LogP) is 2.64. The molecule has 0 aliphatic carbocycles. The van der Waals surface area contributed by atoms with E-state index in [1.165, 1.54) is 4.31 Å². The number of para-hydroxylation sites is 1. The standard InChI is InChI=1S/C22H30N4O3S/c1-3-25(4-2)30(28,29)26-16-14-24(15-17-26)18-19-10-12-20(13-11-19)22(27)23-21-8-6-5-7-9-21/h5-13H,3-4,14-18H2,1-2H3,(H,23,27). The number of benzene rings is 2. The molecule has 0 unspecified atom stereocenters. The predicted molar refractivity (Wildman–Crippen MR) is 120 cm³/mol. The van der Waals surface area contributed by atoms with Gasteiger partial charge in [0.15, 0.2) is 0 Å². The van der Waals surface area contributed by atoms with Crippen molar-refractivity contribution in [3.05, 3.63) is 65.7 Å². The summed E-state index contributed by atoms with van der Waals surface area (Å²) in [6, 6.07) is 16.9. The molecule has 7 nitrogen and oxygen atoms in total. The van der Waals surface area contributed by atoms with E-state index in [0.29, 0.717) is 44.8 Å². The van der Waals surface area contributed by atoms with Crippen molar-refractivity contribution in [2.45, 2.75) is 20.4 Å². The Labute approximate surface area is 179 Å². The van der Waals surface area contributed by atoms with Gasteiger partial charge in [-0.25, -0.2) is 0 Å². The summed E-state index contributed by atoms with van der Waals surface area (Å²) in [6.45, 7) is 7.81. The second-order valence-electron chi connectivity index (χ2n) is 7.28. The normalized spacial score (nSPS) is 16.0.